The minimum atomic E-state index is 0.204. The first-order chi connectivity index (χ1) is 9.16. The Kier molecular flexibility index (Phi) is 5.60. The van der Waals surface area contributed by atoms with Crippen LogP contribution < -0.4 is 5.32 Å². The van der Waals surface area contributed by atoms with E-state index >= 15 is 0 Å². The van der Waals surface area contributed by atoms with Crippen LogP contribution in [-0.2, 0) is 9.53 Å². The van der Waals surface area contributed by atoms with Gasteiger partial charge in [0.1, 0.15) is 0 Å². The van der Waals surface area contributed by atoms with Crippen LogP contribution in [0.25, 0.3) is 0 Å². The molecular weight excluding hydrogens is 242 g/mol. The van der Waals surface area contributed by atoms with Crippen LogP contribution in [0.15, 0.2) is 0 Å². The van der Waals surface area contributed by atoms with E-state index in [4.69, 9.17) is 4.74 Å². The van der Waals surface area contributed by atoms with E-state index in [1.807, 2.05) is 0 Å². The molecular formula is C14H27N3O2. The number of amides is 1. The molecule has 5 heteroatoms. The van der Waals surface area contributed by atoms with Gasteiger partial charge in [0.05, 0.1) is 12.7 Å². The van der Waals surface area contributed by atoms with Gasteiger partial charge in [0, 0.05) is 39.6 Å². The third-order valence-corrected chi connectivity index (χ3v) is 4.08. The van der Waals surface area contributed by atoms with Crippen molar-refractivity contribution in [3.63, 3.8) is 0 Å². The zero-order chi connectivity index (χ0) is 13.7. The van der Waals surface area contributed by atoms with E-state index in [0.29, 0.717) is 18.6 Å². The number of carbonyl (C=O) groups excluding carboxylic acids is 1. The molecule has 0 aliphatic carbocycles. The minimum Gasteiger partial charge on any atom is -0.374 e. The predicted molar refractivity (Wildman–Crippen MR) is 75.1 cm³/mol. The van der Waals surface area contributed by atoms with Gasteiger partial charge in [-0.3, -0.25) is 9.69 Å². The van der Waals surface area contributed by atoms with Crippen LogP contribution >= 0.6 is 0 Å². The first-order valence-corrected chi connectivity index (χ1v) is 7.43. The summed E-state index contributed by atoms with van der Waals surface area (Å²) < 4.78 is 5.88. The highest BCUT2D eigenvalue weighted by molar-refractivity contribution is 5.75. The van der Waals surface area contributed by atoms with Crippen LogP contribution in [0.4, 0.5) is 0 Å². The van der Waals surface area contributed by atoms with Crippen molar-refractivity contribution in [2.75, 3.05) is 46.9 Å². The lowest BCUT2D eigenvalue weighted by Crippen LogP contribution is -2.49. The van der Waals surface area contributed by atoms with Gasteiger partial charge in [0.15, 0.2) is 0 Å². The van der Waals surface area contributed by atoms with Gasteiger partial charge in [-0.05, 0) is 32.4 Å². The molecule has 0 aromatic carbocycles. The Morgan fingerprint density at radius 1 is 1.47 bits per heavy atom. The minimum absolute atomic E-state index is 0.204. The lowest BCUT2D eigenvalue weighted by atomic mass is 10.2. The highest BCUT2D eigenvalue weighted by atomic mass is 16.5. The maximum atomic E-state index is 11.4. The van der Waals surface area contributed by atoms with Crippen molar-refractivity contribution in [3.8, 4) is 0 Å². The maximum Gasteiger partial charge on any atom is 0.222 e. The van der Waals surface area contributed by atoms with Crippen molar-refractivity contribution in [1.82, 2.24) is 15.1 Å². The average molecular weight is 269 g/mol. The largest absolute Gasteiger partial charge is 0.374 e. The topological polar surface area (TPSA) is 44.8 Å². The smallest absolute Gasteiger partial charge is 0.222 e. The van der Waals surface area contributed by atoms with Gasteiger partial charge in [-0.15, -0.1) is 0 Å². The average Bonchev–Trinajstić information content (AvgIpc) is 2.85. The van der Waals surface area contributed by atoms with Crippen LogP contribution in [0.5, 0.6) is 0 Å². The number of hydrogen-bond donors (Lipinski definition) is 1. The van der Waals surface area contributed by atoms with E-state index in [-0.39, 0.29) is 5.91 Å². The van der Waals surface area contributed by atoms with Crippen molar-refractivity contribution in [1.29, 1.82) is 0 Å². The SMILES string of the molecule is CN(C)C(=O)CCCNCC1CN2CCCC2CO1. The molecule has 2 fully saturated rings. The number of hydrogen-bond acceptors (Lipinski definition) is 4. The molecule has 2 aliphatic heterocycles. The monoisotopic (exact) mass is 269 g/mol. The van der Waals surface area contributed by atoms with E-state index < -0.39 is 0 Å². The summed E-state index contributed by atoms with van der Waals surface area (Å²) in [5.41, 5.74) is 0. The second kappa shape index (κ2) is 7.22. The summed E-state index contributed by atoms with van der Waals surface area (Å²) in [7, 11) is 3.61. The lowest BCUT2D eigenvalue weighted by molar-refractivity contribution is -0.128. The maximum absolute atomic E-state index is 11.4. The zero-order valence-corrected chi connectivity index (χ0v) is 12.2. The van der Waals surface area contributed by atoms with Crippen molar-refractivity contribution < 1.29 is 9.53 Å². The second-order valence-electron chi connectivity index (χ2n) is 5.84. The van der Waals surface area contributed by atoms with Gasteiger partial charge in [-0.25, -0.2) is 0 Å². The normalized spacial score (nSPS) is 27.3. The van der Waals surface area contributed by atoms with E-state index in [0.717, 1.165) is 32.7 Å². The molecule has 2 saturated heterocycles. The number of nitrogens with zero attached hydrogens (tertiary/aromatic N) is 2. The molecule has 0 bridgehead atoms. The fourth-order valence-electron chi connectivity index (χ4n) is 2.86. The number of morpholine rings is 1. The Bertz CT molecular complexity index is 296. The van der Waals surface area contributed by atoms with Gasteiger partial charge in [-0.2, -0.15) is 0 Å². The molecule has 1 N–H and O–H groups in total. The van der Waals surface area contributed by atoms with Crippen molar-refractivity contribution in [3.05, 3.63) is 0 Å². The van der Waals surface area contributed by atoms with E-state index in [1.54, 1.807) is 19.0 Å². The quantitative estimate of drug-likeness (QED) is 0.705. The predicted octanol–water partition coefficient (Wildman–Crippen LogP) is 0.308. The summed E-state index contributed by atoms with van der Waals surface area (Å²) in [5.74, 6) is 0.204. The molecule has 1 amide bonds. The van der Waals surface area contributed by atoms with E-state index in [2.05, 4.69) is 10.2 Å². The summed E-state index contributed by atoms with van der Waals surface area (Å²) in [6.07, 6.45) is 4.46. The fourth-order valence-corrected chi connectivity index (χ4v) is 2.86. The lowest BCUT2D eigenvalue weighted by Gasteiger charge is -2.35. The zero-order valence-electron chi connectivity index (χ0n) is 12.2. The second-order valence-corrected chi connectivity index (χ2v) is 5.84. The summed E-state index contributed by atoms with van der Waals surface area (Å²) in [6.45, 7) is 4.99. The van der Waals surface area contributed by atoms with Crippen molar-refractivity contribution in [2.45, 2.75) is 37.8 Å². The number of carbonyl (C=O) groups is 1. The third-order valence-electron chi connectivity index (χ3n) is 4.08. The molecule has 5 nitrogen and oxygen atoms in total. The first-order valence-electron chi connectivity index (χ1n) is 7.43. The Morgan fingerprint density at radius 2 is 2.32 bits per heavy atom. The Morgan fingerprint density at radius 3 is 3.11 bits per heavy atom. The standard InChI is InChI=1S/C14H27N3O2/c1-16(2)14(18)6-3-7-15-9-13-10-17-8-4-5-12(17)11-19-13/h12-13,15H,3-11H2,1-2H3. The van der Waals surface area contributed by atoms with E-state index in [1.165, 1.54) is 19.4 Å². The molecule has 110 valence electrons. The molecule has 19 heavy (non-hydrogen) atoms. The molecule has 0 aromatic rings. The molecule has 2 heterocycles. The molecule has 2 aliphatic rings. The number of nitrogens with one attached hydrogen (secondary N) is 1. The summed E-state index contributed by atoms with van der Waals surface area (Å²) >= 11 is 0. The van der Waals surface area contributed by atoms with Crippen LogP contribution in [0.3, 0.4) is 0 Å². The molecule has 0 saturated carbocycles. The van der Waals surface area contributed by atoms with Crippen LogP contribution in [0.1, 0.15) is 25.7 Å². The summed E-state index contributed by atoms with van der Waals surface area (Å²) in [4.78, 5) is 15.6. The van der Waals surface area contributed by atoms with Gasteiger partial charge in [0.25, 0.3) is 0 Å². The summed E-state index contributed by atoms with van der Waals surface area (Å²) in [5, 5.41) is 3.41. The van der Waals surface area contributed by atoms with Gasteiger partial charge in [-0.1, -0.05) is 0 Å². The molecule has 2 atom stereocenters. The molecule has 0 radical (unpaired) electrons. The van der Waals surface area contributed by atoms with Gasteiger partial charge in [0.2, 0.25) is 5.91 Å². The van der Waals surface area contributed by atoms with Crippen molar-refractivity contribution >= 4 is 5.91 Å². The highest BCUT2D eigenvalue weighted by Gasteiger charge is 2.31. The molecule has 0 aromatic heterocycles. The first kappa shape index (κ1) is 14.8. The number of rotatable bonds is 6. The van der Waals surface area contributed by atoms with Gasteiger partial charge >= 0.3 is 0 Å². The molecule has 0 spiro atoms. The third kappa shape index (κ3) is 4.44. The number of ether oxygens (including phenoxy) is 1. The van der Waals surface area contributed by atoms with Crippen LogP contribution in [0, 0.1) is 0 Å². The highest BCUT2D eigenvalue weighted by Crippen LogP contribution is 2.22. The Labute approximate surface area is 116 Å². The molecule has 2 rings (SSSR count). The summed E-state index contributed by atoms with van der Waals surface area (Å²) in [6, 6.07) is 0.675. The number of fused-ring (bicyclic) bond motifs is 1. The Hall–Kier alpha value is -0.650. The van der Waals surface area contributed by atoms with Crippen LogP contribution in [-0.4, -0.2) is 74.7 Å². The molecule has 2 unspecified atom stereocenters. The van der Waals surface area contributed by atoms with E-state index in [9.17, 15) is 4.79 Å². The van der Waals surface area contributed by atoms with Crippen molar-refractivity contribution in [2.24, 2.45) is 0 Å². The Balaban J connectivity index is 1.53. The van der Waals surface area contributed by atoms with Gasteiger partial charge < -0.3 is 15.0 Å². The van der Waals surface area contributed by atoms with Crippen LogP contribution in [0.2, 0.25) is 0 Å². The fraction of sp³-hybridized carbons (Fsp3) is 0.929.